The van der Waals surface area contributed by atoms with E-state index in [4.69, 9.17) is 0 Å². The van der Waals surface area contributed by atoms with E-state index in [1.807, 2.05) is 0 Å². The molecule has 0 N–H and O–H groups in total. The summed E-state index contributed by atoms with van der Waals surface area (Å²) in [5.41, 5.74) is 0.273. The molecule has 4 atom stereocenters. The van der Waals surface area contributed by atoms with Gasteiger partial charge in [0.25, 0.3) is 0 Å². The lowest BCUT2D eigenvalue weighted by Crippen LogP contribution is -2.30. The first-order valence-electron chi connectivity index (χ1n) is 12.4. The fraction of sp³-hybridized carbons (Fsp3) is 0.467. The zero-order chi connectivity index (χ0) is 24.2. The molecule has 0 saturated heterocycles. The normalized spacial score (nSPS) is 24.5. The first-order chi connectivity index (χ1) is 16.4. The maximum atomic E-state index is 14.8. The van der Waals surface area contributed by atoms with Gasteiger partial charge in [0.15, 0.2) is 0 Å². The number of hydrogen-bond donors (Lipinski definition) is 0. The lowest BCUT2D eigenvalue weighted by Gasteiger charge is -2.42. The largest absolute Gasteiger partial charge is 0.207 e. The van der Waals surface area contributed by atoms with Crippen molar-refractivity contribution in [2.24, 2.45) is 17.8 Å². The molecule has 4 heteroatoms. The van der Waals surface area contributed by atoms with E-state index in [2.05, 4.69) is 30.9 Å². The minimum absolute atomic E-state index is 0.0446. The Hall–Kier alpha value is -2.54. The molecule has 4 rings (SSSR count). The van der Waals surface area contributed by atoms with Gasteiger partial charge in [0, 0.05) is 11.1 Å². The van der Waals surface area contributed by atoms with Crippen molar-refractivity contribution in [2.45, 2.75) is 71.1 Å². The molecule has 4 unspecified atom stereocenters. The molecule has 0 nitrogen and oxygen atoms in total. The molecule has 0 aliphatic heterocycles. The Morgan fingerprint density at radius 1 is 0.824 bits per heavy atom. The van der Waals surface area contributed by atoms with Gasteiger partial charge >= 0.3 is 0 Å². The van der Waals surface area contributed by atoms with Gasteiger partial charge in [-0.2, -0.15) is 0 Å². The van der Waals surface area contributed by atoms with Crippen LogP contribution in [0, 0.1) is 59.8 Å². The van der Waals surface area contributed by atoms with Crippen LogP contribution in [0.25, 0.3) is 0 Å². The van der Waals surface area contributed by atoms with Crippen LogP contribution in [0.4, 0.5) is 17.6 Å². The minimum atomic E-state index is -0.733. The Bertz CT molecular complexity index is 1070. The summed E-state index contributed by atoms with van der Waals surface area (Å²) in [5, 5.41) is 0. The second-order valence-electron chi connectivity index (χ2n) is 10.0. The number of hydrogen-bond acceptors (Lipinski definition) is 0. The van der Waals surface area contributed by atoms with Gasteiger partial charge in [-0.3, -0.25) is 0 Å². The highest BCUT2D eigenvalue weighted by atomic mass is 19.1. The molecule has 0 aromatic heterocycles. The standard InChI is InChI=1S/C30H32F4/c1-3-4-5-6-20-7-9-23-16-24(11-10-22(23)13-20)25-17-29(33)26(30(34)18-25)12-8-21-14-27(31)19(2)28(32)15-21/h3-4,14-15,17-18,20,22-24H,5-7,9-11,13,16H2,1-2H3/b4-3+. The van der Waals surface area contributed by atoms with Gasteiger partial charge in [-0.25, -0.2) is 17.6 Å². The second-order valence-corrected chi connectivity index (χ2v) is 10.0. The molecule has 0 spiro atoms. The smallest absolute Gasteiger partial charge is 0.142 e. The Labute approximate surface area is 200 Å². The summed E-state index contributed by atoms with van der Waals surface area (Å²) in [6.07, 6.45) is 13.6. The van der Waals surface area contributed by atoms with E-state index in [0.717, 1.165) is 49.7 Å². The summed E-state index contributed by atoms with van der Waals surface area (Å²) in [7, 11) is 0. The quantitative estimate of drug-likeness (QED) is 0.239. The molecular formula is C30H32F4. The number of allylic oxidation sites excluding steroid dienone is 2. The maximum Gasteiger partial charge on any atom is 0.142 e. The Morgan fingerprint density at radius 3 is 2.15 bits per heavy atom. The molecule has 0 heterocycles. The summed E-state index contributed by atoms with van der Waals surface area (Å²) in [5.74, 6) is 4.36. The summed E-state index contributed by atoms with van der Waals surface area (Å²) in [6, 6.07) is 4.95. The van der Waals surface area contributed by atoms with E-state index in [1.54, 1.807) is 0 Å². The second kappa shape index (κ2) is 10.8. The van der Waals surface area contributed by atoms with Crippen molar-refractivity contribution in [1.29, 1.82) is 0 Å². The van der Waals surface area contributed by atoms with Crippen LogP contribution < -0.4 is 0 Å². The third kappa shape index (κ3) is 5.57. The molecule has 0 amide bonds. The highest BCUT2D eigenvalue weighted by molar-refractivity contribution is 5.46. The van der Waals surface area contributed by atoms with Crippen LogP contribution >= 0.6 is 0 Å². The lowest BCUT2D eigenvalue weighted by molar-refractivity contribution is 0.115. The molecule has 2 aromatic carbocycles. The average Bonchev–Trinajstić information content (AvgIpc) is 2.81. The fourth-order valence-corrected chi connectivity index (χ4v) is 5.85. The van der Waals surface area contributed by atoms with Gasteiger partial charge in [0.05, 0.1) is 5.56 Å². The Morgan fingerprint density at radius 2 is 1.47 bits per heavy atom. The van der Waals surface area contributed by atoms with Crippen LogP contribution in [0.1, 0.15) is 86.5 Å². The van der Waals surface area contributed by atoms with Crippen molar-refractivity contribution in [1.82, 2.24) is 0 Å². The van der Waals surface area contributed by atoms with Crippen LogP contribution in [-0.4, -0.2) is 0 Å². The number of benzene rings is 2. The molecule has 180 valence electrons. The van der Waals surface area contributed by atoms with Gasteiger partial charge in [-0.05, 0) is 112 Å². The van der Waals surface area contributed by atoms with Gasteiger partial charge in [0.2, 0.25) is 0 Å². The van der Waals surface area contributed by atoms with Crippen LogP contribution in [-0.2, 0) is 0 Å². The van der Waals surface area contributed by atoms with E-state index in [9.17, 15) is 17.6 Å². The highest BCUT2D eigenvalue weighted by Crippen LogP contribution is 2.48. The van der Waals surface area contributed by atoms with Crippen molar-refractivity contribution < 1.29 is 17.6 Å². The number of halogens is 4. The van der Waals surface area contributed by atoms with Crippen molar-refractivity contribution in [3.05, 3.63) is 81.9 Å². The molecule has 34 heavy (non-hydrogen) atoms. The Balaban J connectivity index is 1.44. The predicted octanol–water partition coefficient (Wildman–Crippen LogP) is 8.61. The van der Waals surface area contributed by atoms with Gasteiger partial charge < -0.3 is 0 Å². The highest BCUT2D eigenvalue weighted by Gasteiger charge is 2.36. The fourth-order valence-electron chi connectivity index (χ4n) is 5.85. The molecule has 2 aliphatic rings. The van der Waals surface area contributed by atoms with Crippen LogP contribution in [0.15, 0.2) is 36.4 Å². The van der Waals surface area contributed by atoms with E-state index >= 15 is 0 Å². The summed E-state index contributed by atoms with van der Waals surface area (Å²) in [6.45, 7) is 3.39. The van der Waals surface area contributed by atoms with E-state index in [0.29, 0.717) is 11.5 Å². The van der Waals surface area contributed by atoms with Gasteiger partial charge in [0.1, 0.15) is 23.3 Å². The summed E-state index contributed by atoms with van der Waals surface area (Å²) < 4.78 is 57.1. The minimum Gasteiger partial charge on any atom is -0.207 e. The molecule has 2 aliphatic carbocycles. The van der Waals surface area contributed by atoms with Gasteiger partial charge in [-0.1, -0.05) is 30.4 Å². The summed E-state index contributed by atoms with van der Waals surface area (Å²) >= 11 is 0. The molecule has 0 radical (unpaired) electrons. The van der Waals surface area contributed by atoms with Crippen molar-refractivity contribution in [3.8, 4) is 11.8 Å². The van der Waals surface area contributed by atoms with Crippen LogP contribution in [0.5, 0.6) is 0 Å². The molecule has 2 aromatic rings. The SMILES string of the molecule is C/C=C/CCC1CCC2CC(c3cc(F)c(C#Cc4cc(F)c(C)c(F)c4)c(F)c3)CCC2C1. The molecule has 2 fully saturated rings. The van der Waals surface area contributed by atoms with E-state index in [1.165, 1.54) is 44.7 Å². The number of fused-ring (bicyclic) bond motifs is 1. The summed E-state index contributed by atoms with van der Waals surface area (Å²) in [4.78, 5) is 0. The van der Waals surface area contributed by atoms with Gasteiger partial charge in [-0.15, -0.1) is 0 Å². The average molecular weight is 469 g/mol. The predicted molar refractivity (Wildman–Crippen MR) is 128 cm³/mol. The first kappa shape index (κ1) is 24.6. The zero-order valence-corrected chi connectivity index (χ0v) is 19.9. The van der Waals surface area contributed by atoms with E-state index in [-0.39, 0.29) is 22.6 Å². The monoisotopic (exact) mass is 468 g/mol. The Kier molecular flexibility index (Phi) is 7.81. The topological polar surface area (TPSA) is 0 Å². The van der Waals surface area contributed by atoms with Crippen LogP contribution in [0.3, 0.4) is 0 Å². The molecule has 0 bridgehead atoms. The maximum absolute atomic E-state index is 14.8. The zero-order valence-electron chi connectivity index (χ0n) is 19.9. The van der Waals surface area contributed by atoms with Crippen molar-refractivity contribution in [2.75, 3.05) is 0 Å². The molecular weight excluding hydrogens is 436 g/mol. The third-order valence-electron chi connectivity index (χ3n) is 7.85. The van der Waals surface area contributed by atoms with Crippen LogP contribution in [0.2, 0.25) is 0 Å². The lowest BCUT2D eigenvalue weighted by atomic mass is 9.63. The third-order valence-corrected chi connectivity index (χ3v) is 7.85. The van der Waals surface area contributed by atoms with Crippen molar-refractivity contribution >= 4 is 0 Å². The first-order valence-corrected chi connectivity index (χ1v) is 12.4. The molecule has 2 saturated carbocycles. The number of rotatable bonds is 4. The van der Waals surface area contributed by atoms with Crippen molar-refractivity contribution in [3.63, 3.8) is 0 Å². The van der Waals surface area contributed by atoms with E-state index < -0.39 is 23.3 Å².